The van der Waals surface area contributed by atoms with Gasteiger partial charge < -0.3 is 14.8 Å². The maximum Gasteiger partial charge on any atom is 0.292 e. The van der Waals surface area contributed by atoms with E-state index < -0.39 is 0 Å². The highest BCUT2D eigenvalue weighted by molar-refractivity contribution is 9.10. The van der Waals surface area contributed by atoms with Crippen molar-refractivity contribution in [3.05, 3.63) is 103 Å². The maximum atomic E-state index is 11.7. The zero-order chi connectivity index (χ0) is 23.8. The van der Waals surface area contributed by atoms with Crippen LogP contribution in [-0.4, -0.2) is 12.0 Å². The highest BCUT2D eigenvalue weighted by Crippen LogP contribution is 2.53. The Morgan fingerprint density at radius 1 is 1.21 bits per heavy atom. The van der Waals surface area contributed by atoms with Crippen LogP contribution >= 0.6 is 27.5 Å². The van der Waals surface area contributed by atoms with Crippen molar-refractivity contribution >= 4 is 38.9 Å². The number of allylic oxidation sites excluding steroid dienone is 2. The molecule has 0 radical (unpaired) electrons. The number of benzene rings is 3. The van der Waals surface area contributed by atoms with E-state index in [1.54, 1.807) is 19.2 Å². The van der Waals surface area contributed by atoms with Crippen LogP contribution in [-0.2, 0) is 6.61 Å². The molecule has 1 heterocycles. The van der Waals surface area contributed by atoms with Crippen LogP contribution in [0.5, 0.6) is 11.5 Å². The summed E-state index contributed by atoms with van der Waals surface area (Å²) >= 11 is 9.63. The number of fused-ring (bicyclic) bond motifs is 3. The largest absolute Gasteiger partial charge is 0.493 e. The van der Waals surface area contributed by atoms with Gasteiger partial charge in [0.2, 0.25) is 0 Å². The number of ether oxygens (including phenoxy) is 2. The summed E-state index contributed by atoms with van der Waals surface area (Å²) in [6.07, 6.45) is 5.21. The lowest BCUT2D eigenvalue weighted by atomic mass is 9.76. The van der Waals surface area contributed by atoms with Gasteiger partial charge in [0.25, 0.3) is 5.69 Å². The third-order valence-corrected chi connectivity index (χ3v) is 7.32. The van der Waals surface area contributed by atoms with Crippen LogP contribution in [0.4, 0.5) is 11.4 Å². The Morgan fingerprint density at radius 3 is 2.74 bits per heavy atom. The molecule has 6 nitrogen and oxygen atoms in total. The summed E-state index contributed by atoms with van der Waals surface area (Å²) < 4.78 is 12.5. The fourth-order valence-electron chi connectivity index (χ4n) is 4.88. The summed E-state index contributed by atoms with van der Waals surface area (Å²) in [6.45, 7) is 0.362. The molecule has 8 heteroatoms. The number of hydrogen-bond acceptors (Lipinski definition) is 5. The second kappa shape index (κ2) is 9.31. The topological polar surface area (TPSA) is 73.6 Å². The van der Waals surface area contributed by atoms with E-state index in [1.165, 1.54) is 0 Å². The monoisotopic (exact) mass is 540 g/mol. The van der Waals surface area contributed by atoms with E-state index >= 15 is 0 Å². The lowest BCUT2D eigenvalue weighted by molar-refractivity contribution is -0.384. The van der Waals surface area contributed by atoms with Crippen molar-refractivity contribution in [2.24, 2.45) is 5.92 Å². The van der Waals surface area contributed by atoms with E-state index in [2.05, 4.69) is 33.4 Å². The van der Waals surface area contributed by atoms with Crippen LogP contribution in [0.2, 0.25) is 5.02 Å². The number of anilines is 1. The molecule has 0 bridgehead atoms. The Morgan fingerprint density at radius 2 is 2.00 bits per heavy atom. The second-order valence-corrected chi connectivity index (χ2v) is 9.71. The highest BCUT2D eigenvalue weighted by Gasteiger charge is 2.40. The predicted molar refractivity (Wildman–Crippen MR) is 136 cm³/mol. The third kappa shape index (κ3) is 4.14. The lowest BCUT2D eigenvalue weighted by Crippen LogP contribution is -2.29. The maximum absolute atomic E-state index is 11.7. The molecule has 3 atom stereocenters. The van der Waals surface area contributed by atoms with Gasteiger partial charge in [-0.05, 0) is 69.2 Å². The Bertz CT molecular complexity index is 1280. The van der Waals surface area contributed by atoms with E-state index in [4.69, 9.17) is 21.1 Å². The van der Waals surface area contributed by atoms with E-state index in [9.17, 15) is 10.1 Å². The number of rotatable bonds is 6. The van der Waals surface area contributed by atoms with Crippen molar-refractivity contribution in [1.29, 1.82) is 0 Å². The average molecular weight is 542 g/mol. The lowest BCUT2D eigenvalue weighted by Gasteiger charge is -2.37. The number of methoxy groups -OCH3 is 1. The molecule has 1 aliphatic carbocycles. The predicted octanol–water partition coefficient (Wildman–Crippen LogP) is 7.42. The minimum absolute atomic E-state index is 0.0928. The number of halogens is 2. The fourth-order valence-corrected chi connectivity index (χ4v) is 5.58. The highest BCUT2D eigenvalue weighted by atomic mass is 79.9. The van der Waals surface area contributed by atoms with Gasteiger partial charge in [-0.2, -0.15) is 0 Å². The number of nitrogens with one attached hydrogen (secondary N) is 1. The summed E-state index contributed by atoms with van der Waals surface area (Å²) in [7, 11) is 1.61. The molecule has 1 aliphatic heterocycles. The Hall–Kier alpha value is -3.03. The van der Waals surface area contributed by atoms with E-state index in [0.29, 0.717) is 28.8 Å². The number of para-hydroxylation sites is 1. The smallest absolute Gasteiger partial charge is 0.292 e. The van der Waals surface area contributed by atoms with Crippen LogP contribution in [0.25, 0.3) is 0 Å². The Balaban J connectivity index is 1.48. The number of nitrogens with zero attached hydrogens (tertiary/aromatic N) is 1. The summed E-state index contributed by atoms with van der Waals surface area (Å²) in [5.74, 6) is 1.55. The number of nitro benzene ring substituents is 1. The summed E-state index contributed by atoms with van der Waals surface area (Å²) in [5, 5.41) is 15.9. The van der Waals surface area contributed by atoms with E-state index in [-0.39, 0.29) is 28.5 Å². The van der Waals surface area contributed by atoms with Crippen LogP contribution in [0.1, 0.15) is 35.1 Å². The van der Waals surface area contributed by atoms with Gasteiger partial charge in [-0.25, -0.2) is 0 Å². The van der Waals surface area contributed by atoms with Crippen molar-refractivity contribution in [1.82, 2.24) is 0 Å². The normalized spacial score (nSPS) is 20.3. The molecule has 3 aromatic rings. The minimum Gasteiger partial charge on any atom is -0.493 e. The number of nitro groups is 1. The third-order valence-electron chi connectivity index (χ3n) is 6.48. The van der Waals surface area contributed by atoms with E-state index in [1.807, 2.05) is 42.5 Å². The Kier molecular flexibility index (Phi) is 6.23. The summed E-state index contributed by atoms with van der Waals surface area (Å²) in [4.78, 5) is 11.4. The SMILES string of the molecule is COc1cc([C@@H]2Nc3c(cccc3[N+](=O)[O-])[C@H]3C=CC[C@@H]32)cc(Br)c1OCc1ccc(Cl)cc1. The van der Waals surface area contributed by atoms with Crippen LogP contribution in [0.3, 0.4) is 0 Å². The molecule has 0 unspecified atom stereocenters. The van der Waals surface area contributed by atoms with Crippen molar-refractivity contribution in [2.75, 3.05) is 12.4 Å². The molecule has 1 N–H and O–H groups in total. The molecular weight excluding hydrogens is 520 g/mol. The first-order chi connectivity index (χ1) is 16.5. The first kappa shape index (κ1) is 22.7. The van der Waals surface area contributed by atoms with Gasteiger partial charge in [0.15, 0.2) is 11.5 Å². The van der Waals surface area contributed by atoms with Gasteiger partial charge in [-0.1, -0.05) is 48.0 Å². The zero-order valence-corrected chi connectivity index (χ0v) is 20.7. The first-order valence-electron chi connectivity index (χ1n) is 10.9. The van der Waals surface area contributed by atoms with Crippen LogP contribution in [0, 0.1) is 16.0 Å². The molecule has 174 valence electrons. The average Bonchev–Trinajstić information content (AvgIpc) is 3.33. The molecule has 0 saturated carbocycles. The van der Waals surface area contributed by atoms with Gasteiger partial charge in [-0.15, -0.1) is 0 Å². The minimum atomic E-state index is -0.327. The molecule has 34 heavy (non-hydrogen) atoms. The number of hydrogen-bond donors (Lipinski definition) is 1. The van der Waals surface area contributed by atoms with Gasteiger partial charge in [0, 0.05) is 17.0 Å². The zero-order valence-electron chi connectivity index (χ0n) is 18.3. The van der Waals surface area contributed by atoms with Gasteiger partial charge >= 0.3 is 0 Å². The standard InChI is InChI=1S/C26H22BrClN2O4/c1-33-23-13-16(12-21(27)26(23)34-14-15-8-10-17(28)11-9-15)24-19-5-2-4-18(19)20-6-3-7-22(30(31)32)25(20)29-24/h2-4,6-13,18-19,24,29H,5,14H2,1H3/t18-,19-,24-/m0/s1. The molecular formula is C26H22BrClN2O4. The molecule has 0 spiro atoms. The van der Waals surface area contributed by atoms with Gasteiger partial charge in [0.05, 0.1) is 22.5 Å². The van der Waals surface area contributed by atoms with Gasteiger partial charge in [0.1, 0.15) is 12.3 Å². The molecule has 0 fully saturated rings. The quantitative estimate of drug-likeness (QED) is 0.200. The van der Waals surface area contributed by atoms with Gasteiger partial charge in [-0.3, -0.25) is 10.1 Å². The summed E-state index contributed by atoms with van der Waals surface area (Å²) in [6, 6.07) is 16.6. The van der Waals surface area contributed by atoms with Crippen molar-refractivity contribution in [3.8, 4) is 11.5 Å². The molecule has 0 saturated heterocycles. The first-order valence-corrected chi connectivity index (χ1v) is 12.1. The summed E-state index contributed by atoms with van der Waals surface area (Å²) in [5.41, 5.74) is 3.61. The van der Waals surface area contributed by atoms with E-state index in [0.717, 1.165) is 27.6 Å². The van der Waals surface area contributed by atoms with Crippen molar-refractivity contribution in [3.63, 3.8) is 0 Å². The molecule has 5 rings (SSSR count). The molecule has 2 aliphatic rings. The van der Waals surface area contributed by atoms with Crippen LogP contribution < -0.4 is 14.8 Å². The second-order valence-electron chi connectivity index (χ2n) is 8.42. The molecule has 0 aromatic heterocycles. The Labute approximate surface area is 210 Å². The fraction of sp³-hybridized carbons (Fsp3) is 0.231. The van der Waals surface area contributed by atoms with Crippen LogP contribution in [0.15, 0.2) is 71.2 Å². The molecule has 0 amide bonds. The van der Waals surface area contributed by atoms with Crippen molar-refractivity contribution < 1.29 is 14.4 Å². The van der Waals surface area contributed by atoms with Crippen molar-refractivity contribution in [2.45, 2.75) is 25.0 Å². The molecule has 3 aromatic carbocycles.